The molecular weight excluding hydrogens is 304 g/mol. The van der Waals surface area contributed by atoms with Gasteiger partial charge in [0.2, 0.25) is 5.88 Å². The highest BCUT2D eigenvalue weighted by atomic mass is 16.5. The zero-order valence-corrected chi connectivity index (χ0v) is 14.1. The number of anilines is 1. The van der Waals surface area contributed by atoms with E-state index < -0.39 is 0 Å². The number of aromatic nitrogens is 2. The molecule has 0 spiro atoms. The molecule has 6 nitrogen and oxygen atoms in total. The Hall–Kier alpha value is -1.92. The first-order valence-electron chi connectivity index (χ1n) is 8.71. The molecule has 0 aliphatic carbocycles. The van der Waals surface area contributed by atoms with E-state index in [1.54, 1.807) is 13.4 Å². The van der Waals surface area contributed by atoms with Gasteiger partial charge >= 0.3 is 0 Å². The van der Waals surface area contributed by atoms with Crippen LogP contribution in [-0.4, -0.2) is 67.4 Å². The second-order valence-electron chi connectivity index (χ2n) is 6.51. The van der Waals surface area contributed by atoms with Gasteiger partial charge in [0.25, 0.3) is 0 Å². The highest BCUT2D eigenvalue weighted by Crippen LogP contribution is 2.27. The lowest BCUT2D eigenvalue weighted by Gasteiger charge is -2.37. The summed E-state index contributed by atoms with van der Waals surface area (Å²) in [6.07, 6.45) is 4.42. The van der Waals surface area contributed by atoms with E-state index in [9.17, 15) is 0 Å². The summed E-state index contributed by atoms with van der Waals surface area (Å²) in [6.45, 7) is 6.25. The van der Waals surface area contributed by atoms with Crippen molar-refractivity contribution < 1.29 is 9.47 Å². The Balaban J connectivity index is 1.44. The third kappa shape index (κ3) is 3.16. The summed E-state index contributed by atoms with van der Waals surface area (Å²) < 4.78 is 11.1. The number of rotatable bonds is 4. The number of nitrogens with zero attached hydrogens (tertiary/aromatic N) is 4. The van der Waals surface area contributed by atoms with E-state index in [0.717, 1.165) is 50.2 Å². The maximum absolute atomic E-state index is 5.76. The fourth-order valence-corrected chi connectivity index (χ4v) is 3.65. The molecule has 1 aromatic carbocycles. The molecule has 6 heteroatoms. The van der Waals surface area contributed by atoms with E-state index >= 15 is 0 Å². The summed E-state index contributed by atoms with van der Waals surface area (Å²) in [4.78, 5) is 13.5. The number of hydrogen-bond acceptors (Lipinski definition) is 6. The van der Waals surface area contributed by atoms with Crippen molar-refractivity contribution >= 4 is 16.6 Å². The number of piperazine rings is 1. The lowest BCUT2D eigenvalue weighted by atomic mass is 10.1. The van der Waals surface area contributed by atoms with Gasteiger partial charge in [-0.15, -0.1) is 0 Å². The quantitative estimate of drug-likeness (QED) is 0.855. The van der Waals surface area contributed by atoms with Crippen molar-refractivity contribution in [3.8, 4) is 5.88 Å². The zero-order valence-electron chi connectivity index (χ0n) is 14.1. The van der Waals surface area contributed by atoms with Crippen molar-refractivity contribution in [1.29, 1.82) is 0 Å². The molecule has 0 amide bonds. The first-order valence-corrected chi connectivity index (χ1v) is 8.71. The smallest absolute Gasteiger partial charge is 0.224 e. The lowest BCUT2D eigenvalue weighted by Crippen LogP contribution is -2.48. The minimum absolute atomic E-state index is 0.443. The van der Waals surface area contributed by atoms with E-state index in [1.807, 2.05) is 6.07 Å². The second kappa shape index (κ2) is 6.91. The fraction of sp³-hybridized carbons (Fsp3) is 0.556. The summed E-state index contributed by atoms with van der Waals surface area (Å²) in [7, 11) is 1.65. The van der Waals surface area contributed by atoms with Gasteiger partial charge in [-0.25, -0.2) is 9.97 Å². The summed E-state index contributed by atoms with van der Waals surface area (Å²) in [6, 6.07) is 6.34. The molecule has 0 N–H and O–H groups in total. The molecule has 2 fully saturated rings. The van der Waals surface area contributed by atoms with Crippen LogP contribution < -0.4 is 9.64 Å². The highest BCUT2D eigenvalue weighted by Gasteiger charge is 2.23. The Morgan fingerprint density at radius 3 is 2.83 bits per heavy atom. The summed E-state index contributed by atoms with van der Waals surface area (Å²) in [5.74, 6) is 0.638. The first-order chi connectivity index (χ1) is 11.8. The van der Waals surface area contributed by atoms with Crippen LogP contribution in [0.3, 0.4) is 0 Å². The van der Waals surface area contributed by atoms with E-state index in [-0.39, 0.29) is 0 Å². The maximum atomic E-state index is 5.76. The van der Waals surface area contributed by atoms with Gasteiger partial charge in [0.15, 0.2) is 0 Å². The molecule has 2 saturated heterocycles. The number of benzene rings is 1. The molecule has 2 aliphatic rings. The molecule has 2 aliphatic heterocycles. The monoisotopic (exact) mass is 328 g/mol. The van der Waals surface area contributed by atoms with Gasteiger partial charge < -0.3 is 14.4 Å². The van der Waals surface area contributed by atoms with Crippen molar-refractivity contribution in [1.82, 2.24) is 14.9 Å². The standard InChI is InChI=1S/C18H24N4O2/c1-23-18-16-11-14(4-5-17(16)19-13-20-18)22-8-6-21(7-9-22)12-15-3-2-10-24-15/h4-5,11,13,15H,2-3,6-10,12H2,1H3. The Bertz CT molecular complexity index is 694. The van der Waals surface area contributed by atoms with Gasteiger partial charge in [0.1, 0.15) is 6.33 Å². The minimum atomic E-state index is 0.443. The molecule has 0 saturated carbocycles. The topological polar surface area (TPSA) is 50.7 Å². The Morgan fingerprint density at radius 2 is 2.08 bits per heavy atom. The van der Waals surface area contributed by atoms with Crippen molar-refractivity contribution in [2.75, 3.05) is 51.3 Å². The lowest BCUT2D eigenvalue weighted by molar-refractivity contribution is 0.0713. The van der Waals surface area contributed by atoms with Gasteiger partial charge in [-0.3, -0.25) is 4.90 Å². The number of hydrogen-bond donors (Lipinski definition) is 0. The van der Waals surface area contributed by atoms with Crippen LogP contribution in [0.25, 0.3) is 10.9 Å². The molecule has 2 aromatic rings. The van der Waals surface area contributed by atoms with Crippen LogP contribution in [0.1, 0.15) is 12.8 Å². The van der Waals surface area contributed by atoms with Gasteiger partial charge in [-0.05, 0) is 31.0 Å². The van der Waals surface area contributed by atoms with Crippen LogP contribution >= 0.6 is 0 Å². The normalized spacial score (nSPS) is 22.2. The third-order valence-corrected chi connectivity index (χ3v) is 5.00. The van der Waals surface area contributed by atoms with E-state index in [1.165, 1.54) is 18.5 Å². The molecule has 3 heterocycles. The molecule has 1 aromatic heterocycles. The summed E-state index contributed by atoms with van der Waals surface area (Å²) >= 11 is 0. The largest absolute Gasteiger partial charge is 0.480 e. The molecule has 24 heavy (non-hydrogen) atoms. The van der Waals surface area contributed by atoms with E-state index in [2.05, 4.69) is 31.9 Å². The van der Waals surface area contributed by atoms with Crippen LogP contribution in [0.15, 0.2) is 24.5 Å². The molecular formula is C18H24N4O2. The third-order valence-electron chi connectivity index (χ3n) is 5.00. The van der Waals surface area contributed by atoms with E-state index in [0.29, 0.717) is 12.0 Å². The molecule has 0 radical (unpaired) electrons. The van der Waals surface area contributed by atoms with Crippen LogP contribution in [0.2, 0.25) is 0 Å². The molecule has 4 rings (SSSR count). The predicted molar refractivity (Wildman–Crippen MR) is 93.7 cm³/mol. The summed E-state index contributed by atoms with van der Waals surface area (Å²) in [5.41, 5.74) is 2.13. The maximum Gasteiger partial charge on any atom is 0.224 e. The fourth-order valence-electron chi connectivity index (χ4n) is 3.65. The Kier molecular flexibility index (Phi) is 4.49. The van der Waals surface area contributed by atoms with Crippen molar-refractivity contribution in [2.24, 2.45) is 0 Å². The number of methoxy groups -OCH3 is 1. The number of fused-ring (bicyclic) bond motifs is 1. The average Bonchev–Trinajstić information content (AvgIpc) is 3.14. The SMILES string of the molecule is COc1ncnc2ccc(N3CCN(CC4CCCO4)CC3)cc12. The molecule has 0 bridgehead atoms. The van der Waals surface area contributed by atoms with Crippen molar-refractivity contribution in [3.63, 3.8) is 0 Å². The Labute approximate surface area is 142 Å². The van der Waals surface area contributed by atoms with Gasteiger partial charge in [0.05, 0.1) is 24.1 Å². The molecule has 1 unspecified atom stereocenters. The predicted octanol–water partition coefficient (Wildman–Crippen LogP) is 1.94. The summed E-state index contributed by atoms with van der Waals surface area (Å²) in [5, 5.41) is 0.972. The molecule has 128 valence electrons. The zero-order chi connectivity index (χ0) is 16.4. The van der Waals surface area contributed by atoms with Crippen LogP contribution in [0.4, 0.5) is 5.69 Å². The number of ether oxygens (including phenoxy) is 2. The van der Waals surface area contributed by atoms with Crippen molar-refractivity contribution in [2.45, 2.75) is 18.9 Å². The van der Waals surface area contributed by atoms with E-state index in [4.69, 9.17) is 9.47 Å². The van der Waals surface area contributed by atoms with Crippen LogP contribution in [0.5, 0.6) is 5.88 Å². The highest BCUT2D eigenvalue weighted by molar-refractivity contribution is 5.86. The first kappa shape index (κ1) is 15.6. The average molecular weight is 328 g/mol. The molecule has 1 atom stereocenters. The van der Waals surface area contributed by atoms with Gasteiger partial charge in [0, 0.05) is 45.0 Å². The van der Waals surface area contributed by atoms with Crippen LogP contribution in [-0.2, 0) is 4.74 Å². The Morgan fingerprint density at radius 1 is 1.21 bits per heavy atom. The van der Waals surface area contributed by atoms with Gasteiger partial charge in [-0.1, -0.05) is 0 Å². The van der Waals surface area contributed by atoms with Crippen molar-refractivity contribution in [3.05, 3.63) is 24.5 Å². The van der Waals surface area contributed by atoms with Gasteiger partial charge in [-0.2, -0.15) is 0 Å². The minimum Gasteiger partial charge on any atom is -0.480 e. The van der Waals surface area contributed by atoms with Crippen LogP contribution in [0, 0.1) is 0 Å². The second-order valence-corrected chi connectivity index (χ2v) is 6.51.